The number of nitrogens with zero attached hydrogens (tertiary/aromatic N) is 1. The van der Waals surface area contributed by atoms with Crippen molar-refractivity contribution in [2.24, 2.45) is 53.3 Å². The summed E-state index contributed by atoms with van der Waals surface area (Å²) in [5.74, 6) is 2.64. The number of hydrogen-bond donors (Lipinski definition) is 12. The fraction of sp³-hybridized carbons (Fsp3) is 0.712. The summed E-state index contributed by atoms with van der Waals surface area (Å²) in [7, 11) is 0. The lowest BCUT2D eigenvalue weighted by atomic mass is 9.72. The molecule has 3 aromatic rings. The van der Waals surface area contributed by atoms with Crippen molar-refractivity contribution in [3.63, 3.8) is 0 Å². The van der Waals surface area contributed by atoms with Crippen LogP contribution in [0.2, 0.25) is 0 Å². The molecule has 504 valence electrons. The lowest BCUT2D eigenvalue weighted by Crippen LogP contribution is -2.85. The molecule has 6 aliphatic carbocycles. The second-order valence-corrected chi connectivity index (χ2v) is 27.0. The van der Waals surface area contributed by atoms with E-state index in [0.717, 1.165) is 183 Å². The van der Waals surface area contributed by atoms with Crippen molar-refractivity contribution < 1.29 is 80.6 Å². The van der Waals surface area contributed by atoms with Crippen molar-refractivity contribution in [1.29, 1.82) is 0 Å². The highest BCUT2D eigenvalue weighted by Gasteiger charge is 2.48. The molecule has 17 heteroatoms. The summed E-state index contributed by atoms with van der Waals surface area (Å²) < 4.78 is 11.0. The van der Waals surface area contributed by atoms with Crippen molar-refractivity contribution in [2.45, 2.75) is 237 Å². The molecule has 9 rings (SSSR count). The molecule has 0 aromatic heterocycles. The molecular formula is C73H113N2O15+. The number of hydrogen-bond acceptors (Lipinski definition) is 13. The Morgan fingerprint density at radius 3 is 1.19 bits per heavy atom. The zero-order chi connectivity index (χ0) is 65.1. The van der Waals surface area contributed by atoms with Gasteiger partial charge in [-0.15, -0.1) is 0 Å². The summed E-state index contributed by atoms with van der Waals surface area (Å²) in [5, 5.41) is 109. The van der Waals surface area contributed by atoms with Crippen LogP contribution in [0.15, 0.2) is 54.6 Å². The molecular weight excluding hydrogens is 1140 g/mol. The van der Waals surface area contributed by atoms with Gasteiger partial charge in [-0.1, -0.05) is 115 Å². The normalized spacial score (nSPS) is 26.3. The zero-order valence-electron chi connectivity index (χ0n) is 54.3. The molecule has 0 heterocycles. The number of carbonyl (C=O) groups is 2. The molecule has 3 fully saturated rings. The van der Waals surface area contributed by atoms with Gasteiger partial charge in [0.05, 0.1) is 68.5 Å². The van der Waals surface area contributed by atoms with Gasteiger partial charge < -0.3 is 71.0 Å². The molecule has 3 aromatic carbocycles. The van der Waals surface area contributed by atoms with E-state index in [1.807, 2.05) is 41.7 Å². The summed E-state index contributed by atoms with van der Waals surface area (Å²) in [6.45, 7) is 14.8. The number of rotatable bonds is 32. The van der Waals surface area contributed by atoms with Gasteiger partial charge in [0.15, 0.2) is 13.2 Å². The van der Waals surface area contributed by atoms with E-state index in [2.05, 4.69) is 43.8 Å². The first-order valence-electron chi connectivity index (χ1n) is 34.6. The van der Waals surface area contributed by atoms with E-state index >= 15 is 0 Å². The first-order valence-corrected chi connectivity index (χ1v) is 34.6. The summed E-state index contributed by atoms with van der Waals surface area (Å²) in [6.07, 6.45) is 22.6. The monoisotopic (exact) mass is 1260 g/mol. The van der Waals surface area contributed by atoms with Crippen LogP contribution in [-0.2, 0) is 48.1 Å². The van der Waals surface area contributed by atoms with Crippen LogP contribution in [0.5, 0.6) is 11.5 Å². The largest absolute Gasteiger partial charge is 0.482 e. The van der Waals surface area contributed by atoms with Crippen molar-refractivity contribution >= 4 is 11.9 Å². The van der Waals surface area contributed by atoms with Crippen LogP contribution in [-0.4, -0.2) is 144 Å². The minimum absolute atomic E-state index is 0.194. The number of quaternary nitrogens is 1. The summed E-state index contributed by atoms with van der Waals surface area (Å²) in [4.78, 5) is 25.0. The van der Waals surface area contributed by atoms with Crippen LogP contribution in [0.3, 0.4) is 0 Å². The molecule has 13 N–H and O–H groups in total. The molecule has 4 unspecified atom stereocenters. The Balaban J connectivity index is 0.000000204. The van der Waals surface area contributed by atoms with Crippen LogP contribution >= 0.6 is 0 Å². The first kappa shape index (κ1) is 74.3. The van der Waals surface area contributed by atoms with Crippen molar-refractivity contribution in [3.8, 4) is 11.5 Å². The standard InChI is InChI=1S/C23H33NO3.2C23H34O5.C4H11NO2/c1-3-4-5-8-17(25)10-11-18-21-12-15-7-6-9-19(23(27)24-2)20(15)13-16(21)14-22(18)26;2*1-2-3-4-7-17(24)9-10-18-19-11-15-6-5-8-22(28-14-23(26)27)20(15)12-16(19)13-21(18)25;6-3-1-5-2-4-7/h6-7,9,16-18,21-23,25-27H,3-5,8,10-14H2,1H3;2*5-6,8,16-19,21,24-25H,2-4,7,9-14H2,1H3,(H,26,27);5-7H,1-4H2/p+1/t16?,17-,18+,21-,22+,23?;2*16?,17-,18+,19-,21+;/m000./s1. The quantitative estimate of drug-likeness (QED) is 0.0206. The maximum atomic E-state index is 10.8. The maximum Gasteiger partial charge on any atom is 0.352 e. The lowest BCUT2D eigenvalue weighted by Gasteiger charge is -2.32. The second kappa shape index (κ2) is 39.1. The van der Waals surface area contributed by atoms with Gasteiger partial charge in [0.1, 0.15) is 11.5 Å². The summed E-state index contributed by atoms with van der Waals surface area (Å²) >= 11 is 0. The molecule has 16 atom stereocenters. The van der Waals surface area contributed by atoms with Gasteiger partial charge in [0.2, 0.25) is 0 Å². The Hall–Kier alpha value is -4.71. The number of unbranched alkanes of at least 4 members (excludes halogenated alkanes) is 6. The highest BCUT2D eigenvalue weighted by molar-refractivity contribution is 5.69. The van der Waals surface area contributed by atoms with E-state index in [1.54, 1.807) is 0 Å². The highest BCUT2D eigenvalue weighted by Crippen LogP contribution is 2.51. The van der Waals surface area contributed by atoms with E-state index in [-0.39, 0.29) is 80.8 Å². The molecule has 0 saturated heterocycles. The number of carboxylic acid groups (broad SMARTS) is 2. The highest BCUT2D eigenvalue weighted by atomic mass is 16.5. The lowest BCUT2D eigenvalue weighted by molar-refractivity contribution is -0.657. The van der Waals surface area contributed by atoms with Crippen molar-refractivity contribution in [3.05, 3.63) is 105 Å². The third-order valence-electron chi connectivity index (χ3n) is 20.8. The van der Waals surface area contributed by atoms with Crippen LogP contribution in [0.4, 0.5) is 0 Å². The van der Waals surface area contributed by atoms with Gasteiger partial charge >= 0.3 is 18.2 Å². The van der Waals surface area contributed by atoms with E-state index in [1.165, 1.54) is 29.5 Å². The van der Waals surface area contributed by atoms with Crippen molar-refractivity contribution in [2.75, 3.05) is 39.5 Å². The van der Waals surface area contributed by atoms with Gasteiger partial charge in [0.25, 0.3) is 0 Å². The van der Waals surface area contributed by atoms with Crippen LogP contribution in [0, 0.1) is 59.8 Å². The minimum Gasteiger partial charge on any atom is -0.482 e. The number of carboxylic acids is 2. The molecule has 0 radical (unpaired) electrons. The molecule has 17 nitrogen and oxygen atoms in total. The summed E-state index contributed by atoms with van der Waals surface area (Å²) in [5.41, 5.74) is 7.73. The Labute approximate surface area is 536 Å². The first-order chi connectivity index (χ1) is 43.4. The molecule has 0 amide bonds. The number of benzene rings is 3. The topological polar surface area (TPSA) is 296 Å². The Morgan fingerprint density at radius 2 is 0.856 bits per heavy atom. The van der Waals surface area contributed by atoms with Crippen LogP contribution < -0.4 is 14.8 Å². The Bertz CT molecular complexity index is 2510. The molecule has 0 bridgehead atoms. The molecule has 6 aliphatic rings. The SMILES string of the molecule is CCCCC[C@H](O)CC[C@H]1[C@H](O)CC2Cc3c(cccc3OCC(=O)O)C[C@@H]21.CCCCC[C@H](O)CC[C@H]1[C@H](O)CC2Cc3c(cccc3OCC(=O)O)C[C@@H]21.OCC[NH2+]CCO.[C-]#[N+]C(O)c1cccc2c1CC1C[C@@H](O)[C@H](CC[C@@H](O)CCCCC)[C@H]1C2. The average molecular weight is 1260 g/mol. The fourth-order valence-electron chi connectivity index (χ4n) is 16.1. The number of nitrogens with two attached hydrogens (primary N) is 1. The van der Waals surface area contributed by atoms with E-state index in [9.17, 15) is 45.3 Å². The number of ether oxygens (including phenoxy) is 2. The average Bonchev–Trinajstić information content (AvgIpc) is 1.64. The summed E-state index contributed by atoms with van der Waals surface area (Å²) in [6, 6.07) is 17.6. The van der Waals surface area contributed by atoms with Gasteiger partial charge in [0, 0.05) is 0 Å². The molecule has 0 spiro atoms. The van der Waals surface area contributed by atoms with Gasteiger partial charge in [-0.05, 0) is 220 Å². The number of aliphatic hydroxyl groups is 9. The second-order valence-electron chi connectivity index (χ2n) is 27.0. The van der Waals surface area contributed by atoms with Crippen LogP contribution in [0.25, 0.3) is 4.85 Å². The minimum atomic E-state index is -1.09. The Morgan fingerprint density at radius 1 is 0.511 bits per heavy atom. The zero-order valence-corrected chi connectivity index (χ0v) is 54.3. The predicted molar refractivity (Wildman–Crippen MR) is 347 cm³/mol. The number of aliphatic hydroxyl groups excluding tert-OH is 9. The van der Waals surface area contributed by atoms with E-state index in [0.29, 0.717) is 60.1 Å². The van der Waals surface area contributed by atoms with Gasteiger partial charge in [-0.3, -0.25) is 4.85 Å². The number of fused-ring (bicyclic) bond motifs is 6. The van der Waals surface area contributed by atoms with Crippen molar-refractivity contribution in [1.82, 2.24) is 0 Å². The van der Waals surface area contributed by atoms with Gasteiger partial charge in [-0.2, -0.15) is 0 Å². The maximum absolute atomic E-state index is 10.8. The third kappa shape index (κ3) is 22.2. The molecule has 0 aliphatic heterocycles. The van der Waals surface area contributed by atoms with Gasteiger partial charge in [-0.25, -0.2) is 16.2 Å². The van der Waals surface area contributed by atoms with E-state index in [4.69, 9.17) is 36.5 Å². The van der Waals surface area contributed by atoms with E-state index < -0.39 is 18.2 Å². The Kier molecular flexibility index (Phi) is 32.3. The van der Waals surface area contributed by atoms with Crippen LogP contribution in [0.1, 0.15) is 201 Å². The predicted octanol–water partition coefficient (Wildman–Crippen LogP) is 8.73. The third-order valence-corrected chi connectivity index (χ3v) is 20.8. The smallest absolute Gasteiger partial charge is 0.352 e. The fourth-order valence-corrected chi connectivity index (χ4v) is 16.1. The molecule has 90 heavy (non-hydrogen) atoms. The molecule has 3 saturated carbocycles. The number of aliphatic carboxylic acids is 2.